The van der Waals surface area contributed by atoms with E-state index < -0.39 is 0 Å². The first kappa shape index (κ1) is 11.6. The van der Waals surface area contributed by atoms with Gasteiger partial charge in [-0.3, -0.25) is 9.69 Å². The van der Waals surface area contributed by atoms with Gasteiger partial charge >= 0.3 is 6.41 Å². The number of rotatable bonds is 2. The van der Waals surface area contributed by atoms with Gasteiger partial charge in [0.1, 0.15) is 0 Å². The lowest BCUT2D eigenvalue weighted by atomic mass is 10.0. The second-order valence-electron chi connectivity index (χ2n) is 5.13. The average molecular weight is 226 g/mol. The average Bonchev–Trinajstić information content (AvgIpc) is 2.28. The van der Waals surface area contributed by atoms with Gasteiger partial charge in [0.05, 0.1) is 0 Å². The second-order valence-corrected chi connectivity index (χ2v) is 5.13. The summed E-state index contributed by atoms with van der Waals surface area (Å²) in [4.78, 5) is 12.7. The highest BCUT2D eigenvalue weighted by molar-refractivity contribution is 5.89. The molecular weight excluding hydrogens is 210 g/mol. The summed E-state index contributed by atoms with van der Waals surface area (Å²) in [5.41, 5.74) is 0.621. The van der Waals surface area contributed by atoms with Crippen LogP contribution in [0.15, 0.2) is 42.5 Å². The summed E-state index contributed by atoms with van der Waals surface area (Å²) in [6.07, 6.45) is 2.01. The van der Waals surface area contributed by atoms with Crippen molar-refractivity contribution in [2.75, 3.05) is 4.90 Å². The maximum absolute atomic E-state index is 11.1. The Balaban J connectivity index is 2.52. The zero-order valence-corrected chi connectivity index (χ0v) is 10.4. The number of benzene rings is 2. The first-order valence-corrected chi connectivity index (χ1v) is 5.69. The van der Waals surface area contributed by atoms with Crippen LogP contribution < -0.4 is 4.90 Å². The SMILES string of the molecule is CC(C)(C)N([C]=O)c1ccc2ccccc2c1. The predicted molar refractivity (Wildman–Crippen MR) is 71.9 cm³/mol. The molecule has 0 fully saturated rings. The highest BCUT2D eigenvalue weighted by Crippen LogP contribution is 2.26. The van der Waals surface area contributed by atoms with E-state index in [9.17, 15) is 4.79 Å². The third kappa shape index (κ3) is 2.31. The molecule has 0 aromatic heterocycles. The van der Waals surface area contributed by atoms with Crippen LogP contribution in [0.25, 0.3) is 10.8 Å². The van der Waals surface area contributed by atoms with E-state index in [0.29, 0.717) is 0 Å². The zero-order valence-electron chi connectivity index (χ0n) is 10.4. The molecule has 0 saturated carbocycles. The van der Waals surface area contributed by atoms with Crippen LogP contribution in [0.4, 0.5) is 5.69 Å². The van der Waals surface area contributed by atoms with Gasteiger partial charge in [0.2, 0.25) is 0 Å². The van der Waals surface area contributed by atoms with Gasteiger partial charge in [-0.05, 0) is 43.7 Å². The number of amides is 1. The van der Waals surface area contributed by atoms with Crippen molar-refractivity contribution >= 4 is 22.9 Å². The molecule has 87 valence electrons. The molecule has 0 heterocycles. The molecule has 2 aromatic rings. The van der Waals surface area contributed by atoms with Crippen LogP contribution in [0.5, 0.6) is 0 Å². The standard InChI is InChI=1S/C15H16NO/c1-15(2,3)16(11-17)14-9-8-12-6-4-5-7-13(12)10-14/h4-10H,1-3H3. The van der Waals surface area contributed by atoms with Crippen LogP contribution in [0, 0.1) is 0 Å². The highest BCUT2D eigenvalue weighted by atomic mass is 16.1. The van der Waals surface area contributed by atoms with E-state index in [1.807, 2.05) is 63.6 Å². The Morgan fingerprint density at radius 2 is 1.65 bits per heavy atom. The number of hydrogen-bond acceptors (Lipinski definition) is 1. The summed E-state index contributed by atoms with van der Waals surface area (Å²) in [7, 11) is 0. The van der Waals surface area contributed by atoms with Gasteiger partial charge < -0.3 is 0 Å². The fourth-order valence-corrected chi connectivity index (χ4v) is 1.89. The molecule has 2 nitrogen and oxygen atoms in total. The van der Waals surface area contributed by atoms with Gasteiger partial charge in [0, 0.05) is 11.2 Å². The topological polar surface area (TPSA) is 20.3 Å². The van der Waals surface area contributed by atoms with Gasteiger partial charge in [0.25, 0.3) is 0 Å². The molecule has 1 radical (unpaired) electrons. The quantitative estimate of drug-likeness (QED) is 0.717. The minimum absolute atomic E-state index is 0.260. The van der Waals surface area contributed by atoms with Gasteiger partial charge in [-0.1, -0.05) is 30.3 Å². The van der Waals surface area contributed by atoms with E-state index in [2.05, 4.69) is 6.07 Å². The van der Waals surface area contributed by atoms with Crippen molar-refractivity contribution in [1.29, 1.82) is 0 Å². The van der Waals surface area contributed by atoms with Gasteiger partial charge in [-0.15, -0.1) is 0 Å². The second kappa shape index (κ2) is 4.21. The third-order valence-electron chi connectivity index (χ3n) is 2.75. The van der Waals surface area contributed by atoms with Crippen molar-refractivity contribution < 1.29 is 4.79 Å². The fourth-order valence-electron chi connectivity index (χ4n) is 1.89. The Labute approximate surface area is 102 Å². The summed E-state index contributed by atoms with van der Waals surface area (Å²) >= 11 is 0. The van der Waals surface area contributed by atoms with Crippen molar-refractivity contribution in [3.63, 3.8) is 0 Å². The van der Waals surface area contributed by atoms with E-state index in [1.165, 1.54) is 5.39 Å². The first-order chi connectivity index (χ1) is 8.02. The van der Waals surface area contributed by atoms with Crippen LogP contribution in [0.3, 0.4) is 0 Å². The molecule has 0 bridgehead atoms. The van der Waals surface area contributed by atoms with Crippen molar-refractivity contribution in [1.82, 2.24) is 0 Å². The number of hydrogen-bond donors (Lipinski definition) is 0. The molecule has 1 amide bonds. The highest BCUT2D eigenvalue weighted by Gasteiger charge is 2.22. The zero-order chi connectivity index (χ0) is 12.5. The monoisotopic (exact) mass is 226 g/mol. The Bertz CT molecular complexity index is 540. The molecule has 0 aliphatic carbocycles. The summed E-state index contributed by atoms with van der Waals surface area (Å²) < 4.78 is 0. The molecule has 2 rings (SSSR count). The van der Waals surface area contributed by atoms with Gasteiger partial charge in [-0.25, -0.2) is 0 Å². The fraction of sp³-hybridized carbons (Fsp3) is 0.267. The lowest BCUT2D eigenvalue weighted by molar-refractivity contribution is 0.510. The smallest absolute Gasteiger partial charge is 0.299 e. The van der Waals surface area contributed by atoms with Crippen molar-refractivity contribution in [3.8, 4) is 0 Å². The number of fused-ring (bicyclic) bond motifs is 1. The Hall–Kier alpha value is -1.83. The van der Waals surface area contributed by atoms with E-state index in [1.54, 1.807) is 4.90 Å². The van der Waals surface area contributed by atoms with Crippen molar-refractivity contribution in [3.05, 3.63) is 42.5 Å². The maximum Gasteiger partial charge on any atom is 0.317 e. The predicted octanol–water partition coefficient (Wildman–Crippen LogP) is 3.51. The van der Waals surface area contributed by atoms with E-state index in [-0.39, 0.29) is 5.54 Å². The summed E-state index contributed by atoms with van der Waals surface area (Å²) in [6.45, 7) is 5.98. The van der Waals surface area contributed by atoms with E-state index in [4.69, 9.17) is 0 Å². The van der Waals surface area contributed by atoms with E-state index >= 15 is 0 Å². The first-order valence-electron chi connectivity index (χ1n) is 5.69. The molecule has 2 aromatic carbocycles. The molecule has 0 unspecified atom stereocenters. The van der Waals surface area contributed by atoms with Crippen LogP contribution in [-0.2, 0) is 4.79 Å². The molecular formula is C15H16NO. The van der Waals surface area contributed by atoms with Crippen LogP contribution in [0.1, 0.15) is 20.8 Å². The largest absolute Gasteiger partial charge is 0.317 e. The molecule has 0 N–H and O–H groups in total. The molecule has 17 heavy (non-hydrogen) atoms. The van der Waals surface area contributed by atoms with E-state index in [0.717, 1.165) is 11.1 Å². The maximum atomic E-state index is 11.1. The molecule has 0 aliphatic rings. The molecule has 2 heteroatoms. The summed E-state index contributed by atoms with van der Waals surface area (Å²) in [5, 5.41) is 2.31. The number of nitrogens with zero attached hydrogens (tertiary/aromatic N) is 1. The lowest BCUT2D eigenvalue weighted by Gasteiger charge is -2.31. The third-order valence-corrected chi connectivity index (χ3v) is 2.75. The Morgan fingerprint density at radius 1 is 1.00 bits per heavy atom. The minimum Gasteiger partial charge on any atom is -0.299 e. The summed E-state index contributed by atoms with van der Waals surface area (Å²) in [6, 6.07) is 14.1. The number of anilines is 1. The van der Waals surface area contributed by atoms with Crippen LogP contribution in [0.2, 0.25) is 0 Å². The summed E-state index contributed by atoms with van der Waals surface area (Å²) in [5.74, 6) is 0. The molecule has 0 atom stereocenters. The van der Waals surface area contributed by atoms with Gasteiger partial charge in [-0.2, -0.15) is 0 Å². The van der Waals surface area contributed by atoms with Crippen molar-refractivity contribution in [2.45, 2.75) is 26.3 Å². The minimum atomic E-state index is -0.260. The number of carbonyl (C=O) groups excluding carboxylic acids is 1. The molecule has 0 spiro atoms. The Kier molecular flexibility index (Phi) is 2.88. The molecule has 0 saturated heterocycles. The normalized spacial score (nSPS) is 11.5. The van der Waals surface area contributed by atoms with Crippen LogP contribution in [-0.4, -0.2) is 11.9 Å². The van der Waals surface area contributed by atoms with Crippen LogP contribution >= 0.6 is 0 Å². The van der Waals surface area contributed by atoms with Crippen molar-refractivity contribution in [2.24, 2.45) is 0 Å². The lowest BCUT2D eigenvalue weighted by Crippen LogP contribution is -2.40. The molecule has 0 aliphatic heterocycles. The van der Waals surface area contributed by atoms with Gasteiger partial charge in [0.15, 0.2) is 0 Å². The Morgan fingerprint density at radius 3 is 2.24 bits per heavy atom.